The van der Waals surface area contributed by atoms with Crippen LogP contribution in [0.2, 0.25) is 0 Å². The largest absolute Gasteiger partial charge is 0.504 e. The van der Waals surface area contributed by atoms with E-state index in [1.165, 1.54) is 19.3 Å². The second-order valence-electron chi connectivity index (χ2n) is 4.47. The number of rotatable bonds is 5. The number of phenolic OH excluding ortho intramolecular Hbond substituents is 1. The SMILES string of the molecule is COc1ccc(C(=O)/C=C/c2cc(O)c(OC)cc2Br)cc1. The fourth-order valence-corrected chi connectivity index (χ4v) is 2.32. The highest BCUT2D eigenvalue weighted by Gasteiger charge is 2.07. The molecule has 0 fully saturated rings. The standard InChI is InChI=1S/C17H15BrO4/c1-21-13-6-3-11(4-7-13)15(19)8-5-12-9-16(20)17(22-2)10-14(12)18/h3-10,20H,1-2H3/b8-5+. The Hall–Kier alpha value is -2.27. The predicted molar refractivity (Wildman–Crippen MR) is 88.7 cm³/mol. The molecule has 2 rings (SSSR count). The molecule has 0 heterocycles. The first-order valence-corrected chi connectivity index (χ1v) is 7.27. The topological polar surface area (TPSA) is 55.8 Å². The molecule has 4 nitrogen and oxygen atoms in total. The molecule has 0 radical (unpaired) electrons. The van der Waals surface area contributed by atoms with Crippen LogP contribution in [0.5, 0.6) is 17.2 Å². The van der Waals surface area contributed by atoms with E-state index in [1.54, 1.807) is 43.5 Å². The Morgan fingerprint density at radius 1 is 1.14 bits per heavy atom. The molecule has 0 unspecified atom stereocenters. The maximum Gasteiger partial charge on any atom is 0.185 e. The van der Waals surface area contributed by atoms with Gasteiger partial charge in [0.05, 0.1) is 14.2 Å². The Balaban J connectivity index is 2.20. The monoisotopic (exact) mass is 362 g/mol. The molecular weight excluding hydrogens is 348 g/mol. The van der Waals surface area contributed by atoms with Crippen LogP contribution in [0.25, 0.3) is 6.08 Å². The van der Waals surface area contributed by atoms with Crippen molar-refractivity contribution in [2.45, 2.75) is 0 Å². The molecule has 5 heteroatoms. The number of hydrogen-bond acceptors (Lipinski definition) is 4. The van der Waals surface area contributed by atoms with E-state index in [4.69, 9.17) is 9.47 Å². The molecule has 0 aliphatic heterocycles. The van der Waals surface area contributed by atoms with Crippen LogP contribution in [-0.2, 0) is 0 Å². The molecule has 22 heavy (non-hydrogen) atoms. The van der Waals surface area contributed by atoms with Gasteiger partial charge in [-0.1, -0.05) is 15.9 Å². The van der Waals surface area contributed by atoms with Gasteiger partial charge >= 0.3 is 0 Å². The van der Waals surface area contributed by atoms with Gasteiger partial charge in [-0.15, -0.1) is 0 Å². The molecule has 0 atom stereocenters. The Kier molecular flexibility index (Phi) is 5.22. The Morgan fingerprint density at radius 2 is 1.82 bits per heavy atom. The lowest BCUT2D eigenvalue weighted by Gasteiger charge is -2.06. The third-order valence-corrected chi connectivity index (χ3v) is 3.77. The zero-order chi connectivity index (χ0) is 16.1. The second-order valence-corrected chi connectivity index (χ2v) is 5.33. The fraction of sp³-hybridized carbons (Fsp3) is 0.118. The van der Waals surface area contributed by atoms with Gasteiger partial charge in [-0.25, -0.2) is 0 Å². The molecule has 0 bridgehead atoms. The highest BCUT2D eigenvalue weighted by Crippen LogP contribution is 2.33. The van der Waals surface area contributed by atoms with E-state index in [2.05, 4.69) is 15.9 Å². The van der Waals surface area contributed by atoms with Crippen molar-refractivity contribution in [1.29, 1.82) is 0 Å². The van der Waals surface area contributed by atoms with Crippen molar-refractivity contribution < 1.29 is 19.4 Å². The maximum absolute atomic E-state index is 12.1. The minimum Gasteiger partial charge on any atom is -0.504 e. The van der Waals surface area contributed by atoms with E-state index in [9.17, 15) is 9.90 Å². The van der Waals surface area contributed by atoms with E-state index in [1.807, 2.05) is 0 Å². The van der Waals surface area contributed by atoms with Gasteiger partial charge in [0.2, 0.25) is 0 Å². The van der Waals surface area contributed by atoms with Gasteiger partial charge in [0.15, 0.2) is 17.3 Å². The van der Waals surface area contributed by atoms with Crippen LogP contribution in [0, 0.1) is 0 Å². The summed E-state index contributed by atoms with van der Waals surface area (Å²) < 4.78 is 10.8. The normalized spacial score (nSPS) is 10.7. The molecule has 0 amide bonds. The molecule has 0 spiro atoms. The molecule has 114 valence electrons. The number of benzene rings is 2. The summed E-state index contributed by atoms with van der Waals surface area (Å²) in [5.74, 6) is 0.945. The lowest BCUT2D eigenvalue weighted by Crippen LogP contribution is -1.94. The Bertz CT molecular complexity index is 705. The van der Waals surface area contributed by atoms with Crippen molar-refractivity contribution >= 4 is 27.8 Å². The van der Waals surface area contributed by atoms with Crippen molar-refractivity contribution in [2.75, 3.05) is 14.2 Å². The van der Waals surface area contributed by atoms with Crippen LogP contribution < -0.4 is 9.47 Å². The fourth-order valence-electron chi connectivity index (χ4n) is 1.87. The molecule has 0 aliphatic rings. The number of methoxy groups -OCH3 is 2. The summed E-state index contributed by atoms with van der Waals surface area (Å²) in [7, 11) is 3.05. The first-order valence-electron chi connectivity index (χ1n) is 6.48. The summed E-state index contributed by atoms with van der Waals surface area (Å²) in [5.41, 5.74) is 1.24. The Morgan fingerprint density at radius 3 is 2.41 bits per heavy atom. The summed E-state index contributed by atoms with van der Waals surface area (Å²) in [6.07, 6.45) is 3.09. The van der Waals surface area contributed by atoms with E-state index < -0.39 is 0 Å². The van der Waals surface area contributed by atoms with Crippen molar-refractivity contribution in [2.24, 2.45) is 0 Å². The zero-order valence-electron chi connectivity index (χ0n) is 12.2. The van der Waals surface area contributed by atoms with Gasteiger partial charge in [-0.05, 0) is 54.1 Å². The number of aromatic hydroxyl groups is 1. The first-order chi connectivity index (χ1) is 10.5. The number of carbonyl (C=O) groups is 1. The molecule has 1 N–H and O–H groups in total. The molecule has 0 saturated carbocycles. The number of carbonyl (C=O) groups excluding carboxylic acids is 1. The quantitative estimate of drug-likeness (QED) is 0.643. The molecule has 0 aliphatic carbocycles. The van der Waals surface area contributed by atoms with Gasteiger partial charge in [0.25, 0.3) is 0 Å². The predicted octanol–water partition coefficient (Wildman–Crippen LogP) is 4.07. The average Bonchev–Trinajstić information content (AvgIpc) is 2.55. The van der Waals surface area contributed by atoms with Crippen LogP contribution in [-0.4, -0.2) is 25.1 Å². The molecule has 2 aromatic carbocycles. The number of phenols is 1. The minimum absolute atomic E-state index is 0.0160. The van der Waals surface area contributed by atoms with Crippen LogP contribution >= 0.6 is 15.9 Å². The lowest BCUT2D eigenvalue weighted by atomic mass is 10.1. The summed E-state index contributed by atoms with van der Waals surface area (Å²) in [5, 5.41) is 9.78. The van der Waals surface area contributed by atoms with E-state index in [0.29, 0.717) is 22.6 Å². The number of ether oxygens (including phenoxy) is 2. The summed E-state index contributed by atoms with van der Waals surface area (Å²) in [4.78, 5) is 12.1. The smallest absolute Gasteiger partial charge is 0.185 e. The van der Waals surface area contributed by atoms with Gasteiger partial charge in [-0.3, -0.25) is 4.79 Å². The molecule has 0 saturated heterocycles. The van der Waals surface area contributed by atoms with Gasteiger partial charge < -0.3 is 14.6 Å². The van der Waals surface area contributed by atoms with Gasteiger partial charge in [0, 0.05) is 10.0 Å². The highest BCUT2D eigenvalue weighted by atomic mass is 79.9. The minimum atomic E-state index is -0.134. The highest BCUT2D eigenvalue weighted by molar-refractivity contribution is 9.10. The third kappa shape index (κ3) is 3.68. The molecule has 2 aromatic rings. The van der Waals surface area contributed by atoms with Crippen LogP contribution in [0.15, 0.2) is 46.9 Å². The van der Waals surface area contributed by atoms with Crippen LogP contribution in [0.3, 0.4) is 0 Å². The summed E-state index contributed by atoms with van der Waals surface area (Å²) >= 11 is 3.38. The van der Waals surface area contributed by atoms with Gasteiger partial charge in [0.1, 0.15) is 5.75 Å². The molecular formula is C17H15BrO4. The van der Waals surface area contributed by atoms with Crippen LogP contribution in [0.4, 0.5) is 0 Å². The van der Waals surface area contributed by atoms with Crippen molar-refractivity contribution in [3.8, 4) is 17.2 Å². The number of allylic oxidation sites excluding steroid dienone is 1. The summed E-state index contributed by atoms with van der Waals surface area (Å²) in [6, 6.07) is 10.0. The summed E-state index contributed by atoms with van der Waals surface area (Å²) in [6.45, 7) is 0. The lowest BCUT2D eigenvalue weighted by molar-refractivity contribution is 0.104. The van der Waals surface area contributed by atoms with Crippen LogP contribution in [0.1, 0.15) is 15.9 Å². The van der Waals surface area contributed by atoms with Gasteiger partial charge in [-0.2, -0.15) is 0 Å². The Labute approximate surface area is 137 Å². The van der Waals surface area contributed by atoms with E-state index in [-0.39, 0.29) is 11.5 Å². The average molecular weight is 363 g/mol. The number of ketones is 1. The molecule has 0 aromatic heterocycles. The van der Waals surface area contributed by atoms with Crippen molar-refractivity contribution in [3.63, 3.8) is 0 Å². The van der Waals surface area contributed by atoms with E-state index in [0.717, 1.165) is 4.47 Å². The third-order valence-electron chi connectivity index (χ3n) is 3.09. The van der Waals surface area contributed by atoms with Crippen molar-refractivity contribution in [1.82, 2.24) is 0 Å². The second kappa shape index (κ2) is 7.13. The zero-order valence-corrected chi connectivity index (χ0v) is 13.8. The van der Waals surface area contributed by atoms with Crippen molar-refractivity contribution in [3.05, 3.63) is 58.1 Å². The van der Waals surface area contributed by atoms with E-state index >= 15 is 0 Å². The number of hydrogen-bond donors (Lipinski definition) is 1. The maximum atomic E-state index is 12.1. The first kappa shape index (κ1) is 16.1. The number of halogens is 1.